The van der Waals surface area contributed by atoms with Gasteiger partial charge in [0.05, 0.1) is 25.2 Å². The molecule has 0 fully saturated rings. The smallest absolute Gasteiger partial charge is 0.153 e. The van der Waals surface area contributed by atoms with Crippen LogP contribution in [-0.2, 0) is 0 Å². The second-order valence-electron chi connectivity index (χ2n) is 6.66. The summed E-state index contributed by atoms with van der Waals surface area (Å²) in [7, 11) is 1.59. The number of ether oxygens (including phenoxy) is 1. The Hall–Kier alpha value is -3.52. The molecule has 2 aromatic carbocycles. The van der Waals surface area contributed by atoms with Crippen LogP contribution < -0.4 is 10.1 Å². The Kier molecular flexibility index (Phi) is 5.09. The largest absolute Gasteiger partial charge is 0.497 e. The minimum absolute atomic E-state index is 0.220. The lowest BCUT2D eigenvalue weighted by molar-refractivity contribution is 0.277. The zero-order valence-corrected chi connectivity index (χ0v) is 16.0. The minimum atomic E-state index is -0.507. The van der Waals surface area contributed by atoms with Crippen LogP contribution in [0.5, 0.6) is 5.75 Å². The topological polar surface area (TPSA) is 96.0 Å². The number of halogens is 1. The molecule has 0 radical (unpaired) electrons. The van der Waals surface area contributed by atoms with Gasteiger partial charge in [0.15, 0.2) is 5.82 Å². The second kappa shape index (κ2) is 7.84. The molecule has 7 nitrogen and oxygen atoms in total. The first kappa shape index (κ1) is 18.8. The Labute approximate surface area is 166 Å². The third-order valence-corrected chi connectivity index (χ3v) is 4.64. The first-order valence-corrected chi connectivity index (χ1v) is 9.08. The summed E-state index contributed by atoms with van der Waals surface area (Å²) in [5.74, 6) is 1.39. The lowest BCUT2D eigenvalue weighted by Crippen LogP contribution is -2.12. The molecule has 4 aromatic rings. The summed E-state index contributed by atoms with van der Waals surface area (Å²) < 4.78 is 18.6. The predicted octanol–water partition coefficient (Wildman–Crippen LogP) is 3.68. The van der Waals surface area contributed by atoms with Crippen molar-refractivity contribution in [2.45, 2.75) is 12.8 Å². The van der Waals surface area contributed by atoms with Crippen LogP contribution in [0.25, 0.3) is 10.9 Å². The third-order valence-electron chi connectivity index (χ3n) is 4.64. The SMILES string of the molecule is COc1ccc2c(Nc3cc(C)[nH]n3)nc(C(CO)c3ccc(F)cc3)nc2c1. The van der Waals surface area contributed by atoms with Crippen molar-refractivity contribution in [3.63, 3.8) is 0 Å². The summed E-state index contributed by atoms with van der Waals surface area (Å²) in [6.07, 6.45) is 0. The Bertz CT molecular complexity index is 1140. The molecule has 0 aliphatic carbocycles. The second-order valence-corrected chi connectivity index (χ2v) is 6.66. The number of fused-ring (bicyclic) bond motifs is 1. The van der Waals surface area contributed by atoms with Crippen LogP contribution in [0.3, 0.4) is 0 Å². The number of nitrogens with zero attached hydrogens (tertiary/aromatic N) is 3. The summed E-state index contributed by atoms with van der Waals surface area (Å²) in [5.41, 5.74) is 2.29. The molecule has 0 aliphatic heterocycles. The quantitative estimate of drug-likeness (QED) is 0.463. The molecule has 0 bridgehead atoms. The average molecular weight is 393 g/mol. The molecule has 0 amide bonds. The van der Waals surface area contributed by atoms with E-state index in [-0.39, 0.29) is 12.4 Å². The average Bonchev–Trinajstić information content (AvgIpc) is 3.14. The maximum Gasteiger partial charge on any atom is 0.153 e. The van der Waals surface area contributed by atoms with Crippen molar-refractivity contribution in [2.75, 3.05) is 19.0 Å². The number of rotatable bonds is 6. The molecule has 3 N–H and O–H groups in total. The van der Waals surface area contributed by atoms with Crippen LogP contribution in [0.15, 0.2) is 48.5 Å². The first-order chi connectivity index (χ1) is 14.1. The Morgan fingerprint density at radius 2 is 1.93 bits per heavy atom. The maximum absolute atomic E-state index is 13.3. The lowest BCUT2D eigenvalue weighted by atomic mass is 9.99. The third kappa shape index (κ3) is 3.88. The Morgan fingerprint density at radius 1 is 1.14 bits per heavy atom. The van der Waals surface area contributed by atoms with Gasteiger partial charge in [-0.25, -0.2) is 14.4 Å². The fourth-order valence-corrected chi connectivity index (χ4v) is 3.14. The molecule has 1 atom stereocenters. The molecular weight excluding hydrogens is 373 g/mol. The monoisotopic (exact) mass is 393 g/mol. The summed E-state index contributed by atoms with van der Waals surface area (Å²) >= 11 is 0. The van der Waals surface area contributed by atoms with Crippen molar-refractivity contribution in [2.24, 2.45) is 0 Å². The number of methoxy groups -OCH3 is 1. The van der Waals surface area contributed by atoms with Gasteiger partial charge in [-0.15, -0.1) is 0 Å². The number of H-pyrrole nitrogens is 1. The van der Waals surface area contributed by atoms with Gasteiger partial charge in [-0.1, -0.05) is 12.1 Å². The predicted molar refractivity (Wildman–Crippen MR) is 108 cm³/mol. The Morgan fingerprint density at radius 3 is 2.59 bits per heavy atom. The minimum Gasteiger partial charge on any atom is -0.497 e. The van der Waals surface area contributed by atoms with Gasteiger partial charge in [0.1, 0.15) is 23.2 Å². The fourth-order valence-electron chi connectivity index (χ4n) is 3.14. The highest BCUT2D eigenvalue weighted by molar-refractivity contribution is 5.91. The number of anilines is 2. The molecule has 4 rings (SSSR count). The number of nitrogens with one attached hydrogen (secondary N) is 2. The molecule has 2 aromatic heterocycles. The summed E-state index contributed by atoms with van der Waals surface area (Å²) in [5, 5.41) is 21.1. The highest BCUT2D eigenvalue weighted by atomic mass is 19.1. The van der Waals surface area contributed by atoms with E-state index < -0.39 is 5.92 Å². The van der Waals surface area contributed by atoms with Gasteiger partial charge in [-0.2, -0.15) is 5.10 Å². The van der Waals surface area contributed by atoms with Crippen LogP contribution >= 0.6 is 0 Å². The lowest BCUT2D eigenvalue weighted by Gasteiger charge is -2.16. The van der Waals surface area contributed by atoms with Gasteiger partial charge in [0.25, 0.3) is 0 Å². The van der Waals surface area contributed by atoms with Crippen molar-refractivity contribution in [1.82, 2.24) is 20.2 Å². The number of aryl methyl sites for hydroxylation is 1. The molecule has 148 valence electrons. The van der Waals surface area contributed by atoms with Gasteiger partial charge >= 0.3 is 0 Å². The van der Waals surface area contributed by atoms with E-state index in [2.05, 4.69) is 25.5 Å². The number of hydrogen-bond donors (Lipinski definition) is 3. The van der Waals surface area contributed by atoms with Crippen molar-refractivity contribution < 1.29 is 14.2 Å². The van der Waals surface area contributed by atoms with E-state index in [9.17, 15) is 9.50 Å². The van der Waals surface area contributed by atoms with E-state index in [1.807, 2.05) is 25.1 Å². The van der Waals surface area contributed by atoms with Crippen molar-refractivity contribution in [1.29, 1.82) is 0 Å². The number of aromatic amines is 1. The van der Waals surface area contributed by atoms with Crippen molar-refractivity contribution >= 4 is 22.5 Å². The van der Waals surface area contributed by atoms with Crippen LogP contribution in [0.1, 0.15) is 23.0 Å². The normalized spacial score (nSPS) is 12.1. The highest BCUT2D eigenvalue weighted by Crippen LogP contribution is 2.30. The molecule has 0 saturated carbocycles. The molecule has 0 saturated heterocycles. The van der Waals surface area contributed by atoms with Crippen LogP contribution in [0.4, 0.5) is 16.0 Å². The van der Waals surface area contributed by atoms with Crippen molar-refractivity contribution in [3.8, 4) is 5.75 Å². The van der Waals surface area contributed by atoms with Crippen molar-refractivity contribution in [3.05, 3.63) is 71.4 Å². The number of aliphatic hydroxyl groups excluding tert-OH is 1. The maximum atomic E-state index is 13.3. The van der Waals surface area contributed by atoms with E-state index in [0.717, 1.165) is 16.6 Å². The Balaban J connectivity index is 1.85. The first-order valence-electron chi connectivity index (χ1n) is 9.08. The summed E-state index contributed by atoms with van der Waals surface area (Å²) in [6.45, 7) is 1.69. The van der Waals surface area contributed by atoms with Crippen LogP contribution in [-0.4, -0.2) is 39.0 Å². The fraction of sp³-hybridized carbons (Fsp3) is 0.190. The van der Waals surface area contributed by atoms with Gasteiger partial charge in [-0.05, 0) is 36.8 Å². The molecular formula is C21H20FN5O2. The van der Waals surface area contributed by atoms with Gasteiger partial charge < -0.3 is 15.2 Å². The van der Waals surface area contributed by atoms with E-state index in [4.69, 9.17) is 4.74 Å². The van der Waals surface area contributed by atoms with Gasteiger partial charge in [0.2, 0.25) is 0 Å². The van der Waals surface area contributed by atoms with E-state index in [0.29, 0.717) is 28.7 Å². The number of hydrogen-bond acceptors (Lipinski definition) is 6. The van der Waals surface area contributed by atoms with Crippen LogP contribution in [0.2, 0.25) is 0 Å². The van der Waals surface area contributed by atoms with Gasteiger partial charge in [0, 0.05) is 23.2 Å². The molecule has 0 spiro atoms. The summed E-state index contributed by atoms with van der Waals surface area (Å²) in [6, 6.07) is 13.3. The zero-order valence-electron chi connectivity index (χ0n) is 16.0. The van der Waals surface area contributed by atoms with E-state index in [1.54, 1.807) is 25.3 Å². The van der Waals surface area contributed by atoms with Gasteiger partial charge in [-0.3, -0.25) is 5.10 Å². The molecule has 0 aliphatic rings. The number of aromatic nitrogens is 4. The van der Waals surface area contributed by atoms with E-state index in [1.165, 1.54) is 12.1 Å². The van der Waals surface area contributed by atoms with Crippen LogP contribution in [0, 0.1) is 12.7 Å². The molecule has 8 heteroatoms. The van der Waals surface area contributed by atoms with E-state index >= 15 is 0 Å². The number of benzene rings is 2. The molecule has 2 heterocycles. The summed E-state index contributed by atoms with van der Waals surface area (Å²) in [4.78, 5) is 9.31. The zero-order chi connectivity index (χ0) is 20.4. The number of aliphatic hydroxyl groups is 1. The highest BCUT2D eigenvalue weighted by Gasteiger charge is 2.20. The standard InChI is InChI=1S/C21H20FN5O2/c1-12-9-19(27-26-12)24-20-16-8-7-15(29-2)10-18(16)23-21(25-20)17(11-28)13-3-5-14(22)6-4-13/h3-10,17,28H,11H2,1-2H3,(H2,23,24,25,26,27). The molecule has 29 heavy (non-hydrogen) atoms. The molecule has 1 unspecified atom stereocenters.